The highest BCUT2D eigenvalue weighted by Gasteiger charge is 2.19. The number of quaternary nitrogens is 2. The SMILES string of the molecule is CCCCCCCCCCCCCCCCCCOc1cc([N+](C)(C)C)ccc1C[N+](C)(C)C.[Br-].[Br-]. The molecule has 5 heteroatoms. The van der Waals surface area contributed by atoms with Crippen molar-refractivity contribution in [1.29, 1.82) is 0 Å². The second kappa shape index (κ2) is 21.8. The number of unbranched alkanes of at least 4 members (excludes halogenated alkanes) is 15. The Bertz CT molecular complexity index is 638. The van der Waals surface area contributed by atoms with Crippen LogP contribution in [0.2, 0.25) is 0 Å². The third-order valence-electron chi connectivity index (χ3n) is 6.73. The molecule has 1 aromatic carbocycles. The van der Waals surface area contributed by atoms with Crippen molar-refractivity contribution in [3.63, 3.8) is 0 Å². The molecule has 0 N–H and O–H groups in total. The first kappa shape index (κ1) is 38.0. The normalized spacial score (nSPS) is 11.6. The van der Waals surface area contributed by atoms with Gasteiger partial charge in [-0.3, -0.25) is 4.48 Å². The Hall–Kier alpha value is -0.100. The van der Waals surface area contributed by atoms with Crippen LogP contribution in [-0.2, 0) is 6.54 Å². The molecule has 0 radical (unpaired) electrons. The number of benzene rings is 1. The predicted octanol–water partition coefficient (Wildman–Crippen LogP) is 2.74. The summed E-state index contributed by atoms with van der Waals surface area (Å²) in [4.78, 5) is 0. The van der Waals surface area contributed by atoms with Crippen LogP contribution in [0.5, 0.6) is 5.75 Å². The van der Waals surface area contributed by atoms with Crippen LogP contribution < -0.4 is 43.2 Å². The summed E-state index contributed by atoms with van der Waals surface area (Å²) >= 11 is 0. The first-order valence-corrected chi connectivity index (χ1v) is 14.5. The summed E-state index contributed by atoms with van der Waals surface area (Å²) in [5.41, 5.74) is 2.62. The van der Waals surface area contributed by atoms with Gasteiger partial charge in [-0.2, -0.15) is 0 Å². The first-order chi connectivity index (χ1) is 16.1. The summed E-state index contributed by atoms with van der Waals surface area (Å²) in [6.45, 7) is 4.12. The molecule has 0 aliphatic carbocycles. The summed E-state index contributed by atoms with van der Waals surface area (Å²) in [5, 5.41) is 0. The maximum Gasteiger partial charge on any atom is 0.135 e. The lowest BCUT2D eigenvalue weighted by Crippen LogP contribution is -3.00. The Balaban J connectivity index is 0. The lowest BCUT2D eigenvalue weighted by molar-refractivity contribution is -0.884. The van der Waals surface area contributed by atoms with Crippen molar-refractivity contribution in [1.82, 2.24) is 4.48 Å². The van der Waals surface area contributed by atoms with Gasteiger partial charge in [-0.05, 0) is 18.6 Å². The second-order valence-electron chi connectivity index (χ2n) is 12.4. The fraction of sp³-hybridized carbons (Fsp3) is 0.806. The molecule has 1 aromatic rings. The molecule has 0 aromatic heterocycles. The molecule has 214 valence electrons. The summed E-state index contributed by atoms with van der Waals surface area (Å²) < 4.78 is 8.05. The van der Waals surface area contributed by atoms with Crippen LogP contribution in [0.25, 0.3) is 0 Å². The molecular weight excluding hydrogens is 576 g/mol. The van der Waals surface area contributed by atoms with E-state index in [4.69, 9.17) is 4.74 Å². The molecule has 36 heavy (non-hydrogen) atoms. The summed E-state index contributed by atoms with van der Waals surface area (Å²) in [5.74, 6) is 1.08. The van der Waals surface area contributed by atoms with Crippen LogP contribution in [-0.4, -0.2) is 53.4 Å². The van der Waals surface area contributed by atoms with E-state index in [1.165, 1.54) is 108 Å². The lowest BCUT2D eigenvalue weighted by atomic mass is 10.0. The number of halogens is 2. The quantitative estimate of drug-likeness (QED) is 0.149. The lowest BCUT2D eigenvalue weighted by Gasteiger charge is -2.27. The molecular formula is C31H60Br2N2O. The van der Waals surface area contributed by atoms with E-state index < -0.39 is 0 Å². The Morgan fingerprint density at radius 2 is 1.00 bits per heavy atom. The molecule has 3 nitrogen and oxygen atoms in total. The minimum absolute atomic E-state index is 0. The highest BCUT2D eigenvalue weighted by molar-refractivity contribution is 5.50. The van der Waals surface area contributed by atoms with Crippen LogP contribution in [0, 0.1) is 0 Å². The van der Waals surface area contributed by atoms with E-state index in [0.717, 1.165) is 34.3 Å². The van der Waals surface area contributed by atoms with Gasteiger partial charge in [-0.15, -0.1) is 0 Å². The van der Waals surface area contributed by atoms with Crippen molar-refractivity contribution >= 4 is 5.69 Å². The summed E-state index contributed by atoms with van der Waals surface area (Å²) in [6.07, 6.45) is 22.5. The fourth-order valence-corrected chi connectivity index (χ4v) is 4.57. The fourth-order valence-electron chi connectivity index (χ4n) is 4.57. The summed E-state index contributed by atoms with van der Waals surface area (Å²) in [7, 11) is 13.4. The van der Waals surface area contributed by atoms with Gasteiger partial charge in [0.05, 0.1) is 48.9 Å². The van der Waals surface area contributed by atoms with Gasteiger partial charge in [0.15, 0.2) is 0 Å². The number of hydrogen-bond donors (Lipinski definition) is 0. The van der Waals surface area contributed by atoms with Gasteiger partial charge in [-0.1, -0.05) is 103 Å². The van der Waals surface area contributed by atoms with Crippen molar-refractivity contribution in [3.05, 3.63) is 23.8 Å². The Morgan fingerprint density at radius 1 is 0.583 bits per heavy atom. The van der Waals surface area contributed by atoms with E-state index in [1.54, 1.807) is 0 Å². The molecule has 0 saturated heterocycles. The first-order valence-electron chi connectivity index (χ1n) is 14.5. The third kappa shape index (κ3) is 19.9. The van der Waals surface area contributed by atoms with E-state index in [2.05, 4.69) is 67.4 Å². The second-order valence-corrected chi connectivity index (χ2v) is 12.4. The summed E-state index contributed by atoms with van der Waals surface area (Å²) in [6, 6.07) is 6.79. The maximum atomic E-state index is 6.32. The topological polar surface area (TPSA) is 9.23 Å². The largest absolute Gasteiger partial charge is 1.00 e. The Morgan fingerprint density at radius 3 is 1.39 bits per heavy atom. The predicted molar refractivity (Wildman–Crippen MR) is 153 cm³/mol. The zero-order chi connectivity index (χ0) is 25.3. The zero-order valence-electron chi connectivity index (χ0n) is 25.0. The highest BCUT2D eigenvalue weighted by atomic mass is 79.9. The molecule has 1 rings (SSSR count). The minimum atomic E-state index is 0. The van der Waals surface area contributed by atoms with Gasteiger partial charge in [0.25, 0.3) is 0 Å². The molecule has 0 amide bonds. The monoisotopic (exact) mass is 634 g/mol. The van der Waals surface area contributed by atoms with Crippen molar-refractivity contribution in [2.75, 3.05) is 48.9 Å². The van der Waals surface area contributed by atoms with Gasteiger partial charge >= 0.3 is 0 Å². The van der Waals surface area contributed by atoms with Crippen LogP contribution in [0.4, 0.5) is 5.69 Å². The number of nitrogens with zero attached hydrogens (tertiary/aromatic N) is 2. The van der Waals surface area contributed by atoms with E-state index in [0.29, 0.717) is 0 Å². The van der Waals surface area contributed by atoms with Gasteiger partial charge in [0.2, 0.25) is 0 Å². The highest BCUT2D eigenvalue weighted by Crippen LogP contribution is 2.29. The zero-order valence-corrected chi connectivity index (χ0v) is 28.2. The van der Waals surface area contributed by atoms with Crippen LogP contribution >= 0.6 is 0 Å². The molecule has 0 atom stereocenters. The maximum absolute atomic E-state index is 6.32. The van der Waals surface area contributed by atoms with Crippen LogP contribution in [0.15, 0.2) is 18.2 Å². The van der Waals surface area contributed by atoms with Crippen LogP contribution in [0.3, 0.4) is 0 Å². The molecule has 0 aliphatic rings. The number of hydrogen-bond acceptors (Lipinski definition) is 1. The van der Waals surface area contributed by atoms with Crippen LogP contribution in [0.1, 0.15) is 115 Å². The average molecular weight is 637 g/mol. The molecule has 0 unspecified atom stereocenters. The van der Waals surface area contributed by atoms with Crippen molar-refractivity contribution in [2.45, 2.75) is 116 Å². The number of rotatable bonds is 21. The molecule has 0 bridgehead atoms. The molecule has 0 saturated carbocycles. The van der Waals surface area contributed by atoms with Gasteiger partial charge in [0.1, 0.15) is 18.0 Å². The molecule has 0 aliphatic heterocycles. The van der Waals surface area contributed by atoms with Gasteiger partial charge < -0.3 is 43.2 Å². The third-order valence-corrected chi connectivity index (χ3v) is 6.73. The van der Waals surface area contributed by atoms with Gasteiger partial charge in [-0.25, -0.2) is 0 Å². The van der Waals surface area contributed by atoms with E-state index in [9.17, 15) is 0 Å². The van der Waals surface area contributed by atoms with Gasteiger partial charge in [0, 0.05) is 11.6 Å². The molecule has 0 heterocycles. The smallest absolute Gasteiger partial charge is 0.135 e. The van der Waals surface area contributed by atoms with Crippen molar-refractivity contribution in [3.8, 4) is 5.75 Å². The molecule has 0 fully saturated rings. The number of ether oxygens (including phenoxy) is 1. The van der Waals surface area contributed by atoms with Crippen molar-refractivity contribution in [2.24, 2.45) is 0 Å². The minimum Gasteiger partial charge on any atom is -1.00 e. The van der Waals surface area contributed by atoms with E-state index in [-0.39, 0.29) is 34.0 Å². The Labute approximate surface area is 247 Å². The molecule has 0 spiro atoms. The Kier molecular flexibility index (Phi) is 23.0. The standard InChI is InChI=1S/C31H60N2O.2BrH/c1-8-9-10-11-12-13-14-15-16-17-18-19-20-21-22-23-26-34-31-27-30(33(5,6)7)25-24-29(31)28-32(2,3)4;;/h24-25,27H,8-23,26,28H2,1-7H3;2*1H/q+2;;/p-2. The van der Waals surface area contributed by atoms with Crippen molar-refractivity contribution < 1.29 is 43.2 Å². The average Bonchev–Trinajstić information content (AvgIpc) is 2.75. The van der Waals surface area contributed by atoms with E-state index >= 15 is 0 Å². The van der Waals surface area contributed by atoms with E-state index in [1.807, 2.05) is 0 Å².